The topological polar surface area (TPSA) is 159 Å². The maximum absolute atomic E-state index is 10.5. The van der Waals surface area contributed by atoms with Crippen LogP contribution in [0.4, 0.5) is 0 Å². The molecule has 18 heavy (non-hydrogen) atoms. The largest absolute Gasteiger partial charge is 0.397 e. The van der Waals surface area contributed by atoms with Gasteiger partial charge in [-0.3, -0.25) is 9.11 Å². The molecule has 1 fully saturated rings. The molecule has 10 nitrogen and oxygen atoms in total. The minimum atomic E-state index is -4.60. The smallest absolute Gasteiger partial charge is 0.391 e. The monoisotopic (exact) mass is 307 g/mol. The molecule has 0 amide bonds. The molecule has 0 aliphatic carbocycles. The van der Waals surface area contributed by atoms with Gasteiger partial charge in [0.1, 0.15) is 0 Å². The molecule has 2 unspecified atom stereocenters. The summed E-state index contributed by atoms with van der Waals surface area (Å²) in [5.41, 5.74) is 0. The summed E-state index contributed by atoms with van der Waals surface area (Å²) < 4.78 is 69.3. The van der Waals surface area contributed by atoms with Gasteiger partial charge in [0, 0.05) is 6.42 Å². The molecule has 4 N–H and O–H groups in total. The highest BCUT2D eigenvalue weighted by molar-refractivity contribution is 7.83. The molecule has 108 valence electrons. The predicted octanol–water partition coefficient (Wildman–Crippen LogP) is -2.28. The zero-order valence-electron chi connectivity index (χ0n) is 8.96. The SMILES string of the molecule is O=S(=O)(O)NC1CO[C@@H](COS(=O)(=O)O)CC1O. The third-order valence-corrected chi connectivity index (χ3v) is 3.22. The molecule has 0 spiro atoms. The summed E-state index contributed by atoms with van der Waals surface area (Å²) in [5, 5.41) is 9.55. The lowest BCUT2D eigenvalue weighted by Gasteiger charge is -2.32. The predicted molar refractivity (Wildman–Crippen MR) is 56.3 cm³/mol. The lowest BCUT2D eigenvalue weighted by molar-refractivity contribution is -0.0758. The molecule has 0 aromatic carbocycles. The fourth-order valence-electron chi connectivity index (χ4n) is 1.43. The Morgan fingerprint density at radius 1 is 1.28 bits per heavy atom. The van der Waals surface area contributed by atoms with E-state index >= 15 is 0 Å². The first-order valence-electron chi connectivity index (χ1n) is 4.73. The molecular formula is C6H13NO9S2. The van der Waals surface area contributed by atoms with Gasteiger partial charge in [-0.25, -0.2) is 4.18 Å². The van der Waals surface area contributed by atoms with Crippen molar-refractivity contribution in [1.29, 1.82) is 0 Å². The van der Waals surface area contributed by atoms with Crippen molar-refractivity contribution in [2.24, 2.45) is 0 Å². The summed E-state index contributed by atoms with van der Waals surface area (Å²) in [5.74, 6) is 0. The van der Waals surface area contributed by atoms with E-state index in [4.69, 9.17) is 13.8 Å². The highest BCUT2D eigenvalue weighted by Crippen LogP contribution is 2.16. The van der Waals surface area contributed by atoms with E-state index < -0.39 is 45.6 Å². The molecule has 1 rings (SSSR count). The quantitative estimate of drug-likeness (QED) is 0.410. The molecule has 0 radical (unpaired) electrons. The summed E-state index contributed by atoms with van der Waals surface area (Å²) in [7, 11) is -9.06. The number of nitrogens with one attached hydrogen (secondary N) is 1. The minimum Gasteiger partial charge on any atom is -0.391 e. The number of rotatable bonds is 5. The molecule has 1 saturated heterocycles. The molecular weight excluding hydrogens is 294 g/mol. The fourth-order valence-corrected chi connectivity index (χ4v) is 2.37. The van der Waals surface area contributed by atoms with Gasteiger partial charge in [-0.05, 0) is 0 Å². The first-order chi connectivity index (χ1) is 8.07. The van der Waals surface area contributed by atoms with Crippen molar-refractivity contribution in [2.75, 3.05) is 13.2 Å². The average Bonchev–Trinajstić information content (AvgIpc) is 2.15. The highest BCUT2D eigenvalue weighted by atomic mass is 32.3. The van der Waals surface area contributed by atoms with Crippen LogP contribution in [0.5, 0.6) is 0 Å². The Kier molecular flexibility index (Phi) is 5.02. The maximum Gasteiger partial charge on any atom is 0.397 e. The van der Waals surface area contributed by atoms with Crippen LogP contribution < -0.4 is 4.72 Å². The van der Waals surface area contributed by atoms with Gasteiger partial charge in [-0.1, -0.05) is 0 Å². The third-order valence-electron chi connectivity index (χ3n) is 2.18. The second-order valence-corrected chi connectivity index (χ2v) is 5.95. The zero-order valence-corrected chi connectivity index (χ0v) is 10.6. The van der Waals surface area contributed by atoms with Crippen LogP contribution in [0.25, 0.3) is 0 Å². The highest BCUT2D eigenvalue weighted by Gasteiger charge is 2.32. The molecule has 1 aliphatic rings. The first kappa shape index (κ1) is 15.7. The van der Waals surface area contributed by atoms with E-state index in [0.29, 0.717) is 0 Å². The number of aliphatic hydroxyl groups is 1. The summed E-state index contributed by atoms with van der Waals surface area (Å²) in [6, 6.07) is -1.04. The number of hydrogen-bond donors (Lipinski definition) is 4. The number of ether oxygens (including phenoxy) is 1. The van der Waals surface area contributed by atoms with E-state index in [9.17, 15) is 21.9 Å². The van der Waals surface area contributed by atoms with Gasteiger partial charge in [-0.2, -0.15) is 21.6 Å². The van der Waals surface area contributed by atoms with Gasteiger partial charge < -0.3 is 9.84 Å². The van der Waals surface area contributed by atoms with Gasteiger partial charge in [0.15, 0.2) is 0 Å². The molecule has 0 aromatic heterocycles. The van der Waals surface area contributed by atoms with Crippen molar-refractivity contribution in [3.05, 3.63) is 0 Å². The van der Waals surface area contributed by atoms with Gasteiger partial charge in [0.05, 0.1) is 31.5 Å². The molecule has 0 saturated carbocycles. The van der Waals surface area contributed by atoms with Gasteiger partial charge in [0.25, 0.3) is 0 Å². The molecule has 0 aromatic rings. The Balaban J connectivity index is 2.46. The van der Waals surface area contributed by atoms with Gasteiger partial charge in [-0.15, -0.1) is 0 Å². The molecule has 12 heteroatoms. The van der Waals surface area contributed by atoms with Crippen molar-refractivity contribution in [2.45, 2.75) is 24.7 Å². The van der Waals surface area contributed by atoms with Crippen molar-refractivity contribution in [3.8, 4) is 0 Å². The van der Waals surface area contributed by atoms with Crippen LogP contribution in [-0.4, -0.2) is 62.5 Å². The van der Waals surface area contributed by atoms with Crippen LogP contribution in [0, 0.1) is 0 Å². The van der Waals surface area contributed by atoms with Crippen LogP contribution in [-0.2, 0) is 29.6 Å². The normalized spacial score (nSPS) is 30.3. The van der Waals surface area contributed by atoms with E-state index in [2.05, 4.69) is 4.18 Å². The molecule has 1 aliphatic heterocycles. The zero-order chi connectivity index (χ0) is 14.0. The Labute approximate surface area is 104 Å². The maximum atomic E-state index is 10.5. The Morgan fingerprint density at radius 2 is 1.89 bits per heavy atom. The van der Waals surface area contributed by atoms with Crippen molar-refractivity contribution >= 4 is 20.7 Å². The summed E-state index contributed by atoms with van der Waals surface area (Å²) in [4.78, 5) is 0. The average molecular weight is 307 g/mol. The lowest BCUT2D eigenvalue weighted by Crippen LogP contribution is -2.52. The second kappa shape index (κ2) is 5.75. The van der Waals surface area contributed by atoms with E-state index in [1.807, 2.05) is 0 Å². The van der Waals surface area contributed by atoms with E-state index in [0.717, 1.165) is 0 Å². The van der Waals surface area contributed by atoms with Crippen LogP contribution in [0.1, 0.15) is 6.42 Å². The number of hydrogen-bond acceptors (Lipinski definition) is 7. The molecule has 0 bridgehead atoms. The summed E-state index contributed by atoms with van der Waals surface area (Å²) >= 11 is 0. The van der Waals surface area contributed by atoms with Gasteiger partial charge in [0.2, 0.25) is 0 Å². The number of aliphatic hydroxyl groups excluding tert-OH is 1. The minimum absolute atomic E-state index is 0.122. The van der Waals surface area contributed by atoms with Crippen LogP contribution in [0.3, 0.4) is 0 Å². The van der Waals surface area contributed by atoms with Crippen LogP contribution in [0.15, 0.2) is 0 Å². The summed E-state index contributed by atoms with van der Waals surface area (Å²) in [6.07, 6.45) is -2.13. The fraction of sp³-hybridized carbons (Fsp3) is 1.00. The van der Waals surface area contributed by atoms with E-state index in [1.165, 1.54) is 0 Å². The first-order valence-corrected chi connectivity index (χ1v) is 7.53. The van der Waals surface area contributed by atoms with E-state index in [-0.39, 0.29) is 13.0 Å². The Morgan fingerprint density at radius 3 is 2.33 bits per heavy atom. The van der Waals surface area contributed by atoms with Gasteiger partial charge >= 0.3 is 20.7 Å². The van der Waals surface area contributed by atoms with Crippen molar-refractivity contribution in [3.63, 3.8) is 0 Å². The van der Waals surface area contributed by atoms with Crippen molar-refractivity contribution < 1.29 is 40.0 Å². The third kappa shape index (κ3) is 6.01. The Hall–Kier alpha value is -0.340. The lowest BCUT2D eigenvalue weighted by atomic mass is 10.0. The van der Waals surface area contributed by atoms with E-state index in [1.54, 1.807) is 4.72 Å². The van der Waals surface area contributed by atoms with Crippen molar-refractivity contribution in [1.82, 2.24) is 4.72 Å². The molecule has 3 atom stereocenters. The van der Waals surface area contributed by atoms with Crippen LogP contribution >= 0.6 is 0 Å². The summed E-state index contributed by atoms with van der Waals surface area (Å²) in [6.45, 7) is -0.783. The standard InChI is InChI=1S/C6H13NO9S2/c8-6-1-4(2-16-18(12,13)14)15-3-5(6)7-17(9,10)11/h4-8H,1-3H2,(H,9,10,11)(H,12,13,14)/t4-,5?,6?/m1/s1. The second-order valence-electron chi connectivity index (χ2n) is 3.67. The van der Waals surface area contributed by atoms with Crippen LogP contribution in [0.2, 0.25) is 0 Å². The molecule has 1 heterocycles. The Bertz CT molecular complexity index is 471.